The van der Waals surface area contributed by atoms with Gasteiger partial charge in [-0.25, -0.2) is 4.79 Å². The summed E-state index contributed by atoms with van der Waals surface area (Å²) in [6, 6.07) is 2.58. The first-order valence-corrected chi connectivity index (χ1v) is 9.03. The fraction of sp³-hybridized carbons (Fsp3) is 0.529. The molecule has 1 aromatic rings. The van der Waals surface area contributed by atoms with E-state index in [4.69, 9.17) is 16.3 Å². The first kappa shape index (κ1) is 19.5. The van der Waals surface area contributed by atoms with Gasteiger partial charge in [-0.05, 0) is 18.7 Å². The summed E-state index contributed by atoms with van der Waals surface area (Å²) in [4.78, 5) is 38.8. The molecular formula is C17H20ClN3O6. The monoisotopic (exact) mass is 397 g/mol. The fourth-order valence-corrected chi connectivity index (χ4v) is 3.89. The van der Waals surface area contributed by atoms with E-state index in [2.05, 4.69) is 4.90 Å². The summed E-state index contributed by atoms with van der Waals surface area (Å²) in [5.41, 5.74) is -1.40. The summed E-state index contributed by atoms with van der Waals surface area (Å²) in [5, 5.41) is 20.6. The Kier molecular flexibility index (Phi) is 5.36. The number of nitro benzene ring substituents is 1. The van der Waals surface area contributed by atoms with Crippen LogP contribution in [-0.4, -0.2) is 69.7 Å². The smallest absolute Gasteiger partial charge is 0.328 e. The lowest BCUT2D eigenvalue weighted by Gasteiger charge is -2.44. The van der Waals surface area contributed by atoms with Gasteiger partial charge in [0.05, 0.1) is 11.5 Å². The van der Waals surface area contributed by atoms with Gasteiger partial charge in [0.25, 0.3) is 11.6 Å². The number of hydrogen-bond acceptors (Lipinski definition) is 6. The molecule has 2 saturated heterocycles. The van der Waals surface area contributed by atoms with E-state index in [-0.39, 0.29) is 17.2 Å². The van der Waals surface area contributed by atoms with Gasteiger partial charge in [-0.3, -0.25) is 19.8 Å². The van der Waals surface area contributed by atoms with Crippen LogP contribution in [0.4, 0.5) is 5.69 Å². The summed E-state index contributed by atoms with van der Waals surface area (Å²) in [6.45, 7) is 4.13. The summed E-state index contributed by atoms with van der Waals surface area (Å²) in [5.74, 6) is -1.77. The Morgan fingerprint density at radius 2 is 2.07 bits per heavy atom. The standard InChI is InChI=1S/C17H20ClN3O6/c1-2-19-7-5-17(6-8-19)20(14(10-27-17)16(23)24)15(22)11-3-4-12(18)13(9-11)21(25)26/h3-4,9,14H,2,5-8,10H2,1H3,(H,23,24). The Balaban J connectivity index is 1.97. The second kappa shape index (κ2) is 7.41. The van der Waals surface area contributed by atoms with E-state index in [0.29, 0.717) is 25.9 Å². The summed E-state index contributed by atoms with van der Waals surface area (Å²) >= 11 is 5.82. The van der Waals surface area contributed by atoms with E-state index < -0.39 is 34.3 Å². The normalized spacial score (nSPS) is 22.1. The van der Waals surface area contributed by atoms with Crippen LogP contribution in [0.2, 0.25) is 5.02 Å². The molecule has 9 nitrogen and oxygen atoms in total. The van der Waals surface area contributed by atoms with Crippen LogP contribution in [0.1, 0.15) is 30.1 Å². The van der Waals surface area contributed by atoms with Crippen molar-refractivity contribution >= 4 is 29.2 Å². The maximum absolute atomic E-state index is 13.2. The molecular weight excluding hydrogens is 378 g/mol. The number of piperidine rings is 1. The van der Waals surface area contributed by atoms with Crippen LogP contribution in [0, 0.1) is 10.1 Å². The summed E-state index contributed by atoms with van der Waals surface area (Å²) in [7, 11) is 0. The van der Waals surface area contributed by atoms with Crippen molar-refractivity contribution in [2.75, 3.05) is 26.2 Å². The number of likely N-dealkylation sites (tertiary alicyclic amines) is 1. The van der Waals surface area contributed by atoms with E-state index in [0.717, 1.165) is 12.6 Å². The maximum atomic E-state index is 13.2. The van der Waals surface area contributed by atoms with Crippen molar-refractivity contribution in [1.82, 2.24) is 9.80 Å². The zero-order valence-electron chi connectivity index (χ0n) is 14.8. The van der Waals surface area contributed by atoms with Crippen LogP contribution in [0.15, 0.2) is 18.2 Å². The molecule has 2 aliphatic rings. The minimum absolute atomic E-state index is 0.0140. The maximum Gasteiger partial charge on any atom is 0.328 e. The van der Waals surface area contributed by atoms with Crippen LogP contribution in [0.3, 0.4) is 0 Å². The molecule has 2 aliphatic heterocycles. The largest absolute Gasteiger partial charge is 0.480 e. The lowest BCUT2D eigenvalue weighted by Crippen LogP contribution is -2.58. The topological polar surface area (TPSA) is 113 Å². The third-order valence-corrected chi connectivity index (χ3v) is 5.56. The molecule has 1 unspecified atom stereocenters. The molecule has 3 rings (SSSR count). The summed E-state index contributed by atoms with van der Waals surface area (Å²) in [6.07, 6.45) is 0.956. The Morgan fingerprint density at radius 3 is 2.63 bits per heavy atom. The average molecular weight is 398 g/mol. The lowest BCUT2D eigenvalue weighted by atomic mass is 9.96. The minimum Gasteiger partial charge on any atom is -0.480 e. The molecule has 1 atom stereocenters. The number of hydrogen-bond donors (Lipinski definition) is 1. The van der Waals surface area contributed by atoms with Crippen LogP contribution < -0.4 is 0 Å². The van der Waals surface area contributed by atoms with Crippen molar-refractivity contribution in [3.63, 3.8) is 0 Å². The Labute approximate surface area is 160 Å². The molecule has 1 aromatic carbocycles. The number of carboxylic acid groups (broad SMARTS) is 1. The van der Waals surface area contributed by atoms with Gasteiger partial charge >= 0.3 is 5.97 Å². The quantitative estimate of drug-likeness (QED) is 0.610. The Morgan fingerprint density at radius 1 is 1.41 bits per heavy atom. The van der Waals surface area contributed by atoms with Gasteiger partial charge in [0.1, 0.15) is 10.7 Å². The van der Waals surface area contributed by atoms with E-state index in [9.17, 15) is 24.8 Å². The number of nitrogens with zero attached hydrogens (tertiary/aromatic N) is 3. The number of carbonyl (C=O) groups excluding carboxylic acids is 1. The van der Waals surface area contributed by atoms with Gasteiger partial charge in [0.2, 0.25) is 0 Å². The number of amides is 1. The third-order valence-electron chi connectivity index (χ3n) is 5.24. The molecule has 0 aromatic heterocycles. The molecule has 27 heavy (non-hydrogen) atoms. The highest BCUT2D eigenvalue weighted by molar-refractivity contribution is 6.32. The number of nitro groups is 1. The van der Waals surface area contributed by atoms with Gasteiger partial charge in [-0.1, -0.05) is 18.5 Å². The van der Waals surface area contributed by atoms with Gasteiger partial charge in [-0.15, -0.1) is 0 Å². The second-order valence-electron chi connectivity index (χ2n) is 6.64. The van der Waals surface area contributed by atoms with Crippen LogP contribution in [0.25, 0.3) is 0 Å². The molecule has 10 heteroatoms. The number of aliphatic carboxylic acids is 1. The SMILES string of the molecule is CCN1CCC2(CC1)OCC(C(=O)O)N2C(=O)c1ccc(Cl)c([N+](=O)[O-])c1. The molecule has 2 fully saturated rings. The average Bonchev–Trinajstić information content (AvgIpc) is 3.01. The first-order chi connectivity index (χ1) is 12.8. The molecule has 0 radical (unpaired) electrons. The van der Waals surface area contributed by atoms with E-state index >= 15 is 0 Å². The summed E-state index contributed by atoms with van der Waals surface area (Å²) < 4.78 is 5.84. The molecule has 146 valence electrons. The zero-order valence-corrected chi connectivity index (χ0v) is 15.5. The van der Waals surface area contributed by atoms with Crippen molar-refractivity contribution in [1.29, 1.82) is 0 Å². The molecule has 0 saturated carbocycles. The van der Waals surface area contributed by atoms with Crippen molar-refractivity contribution in [2.45, 2.75) is 31.5 Å². The molecule has 2 heterocycles. The molecule has 0 aliphatic carbocycles. The predicted octanol–water partition coefficient (Wildman–Crippen LogP) is 1.99. The van der Waals surface area contributed by atoms with Gasteiger partial charge < -0.3 is 14.7 Å². The molecule has 1 N–H and O–H groups in total. The van der Waals surface area contributed by atoms with Crippen LogP contribution in [0.5, 0.6) is 0 Å². The fourth-order valence-electron chi connectivity index (χ4n) is 3.70. The van der Waals surface area contributed by atoms with Crippen molar-refractivity contribution in [3.8, 4) is 0 Å². The van der Waals surface area contributed by atoms with Crippen molar-refractivity contribution < 1.29 is 24.4 Å². The molecule has 0 bridgehead atoms. The predicted molar refractivity (Wildman–Crippen MR) is 95.7 cm³/mol. The third kappa shape index (κ3) is 3.50. The second-order valence-corrected chi connectivity index (χ2v) is 7.05. The highest BCUT2D eigenvalue weighted by atomic mass is 35.5. The number of benzene rings is 1. The van der Waals surface area contributed by atoms with E-state index in [1.54, 1.807) is 0 Å². The molecule has 1 spiro atoms. The highest BCUT2D eigenvalue weighted by Crippen LogP contribution is 2.39. The van der Waals surface area contributed by atoms with E-state index in [1.807, 2.05) is 6.92 Å². The van der Waals surface area contributed by atoms with Crippen LogP contribution in [-0.2, 0) is 9.53 Å². The number of rotatable bonds is 4. The Hall–Kier alpha value is -2.23. The van der Waals surface area contributed by atoms with Gasteiger partial charge in [0.15, 0.2) is 6.04 Å². The first-order valence-electron chi connectivity index (χ1n) is 8.66. The number of ether oxygens (including phenoxy) is 1. The van der Waals surface area contributed by atoms with Gasteiger partial charge in [-0.2, -0.15) is 0 Å². The number of carboxylic acids is 1. The lowest BCUT2D eigenvalue weighted by molar-refractivity contribution is -0.384. The zero-order chi connectivity index (χ0) is 19.8. The van der Waals surface area contributed by atoms with Crippen molar-refractivity contribution in [2.24, 2.45) is 0 Å². The Bertz CT molecular complexity index is 778. The van der Waals surface area contributed by atoms with Crippen molar-refractivity contribution in [3.05, 3.63) is 38.9 Å². The minimum atomic E-state index is -1.17. The van der Waals surface area contributed by atoms with E-state index in [1.165, 1.54) is 17.0 Å². The molecule has 1 amide bonds. The van der Waals surface area contributed by atoms with Crippen LogP contribution >= 0.6 is 11.6 Å². The number of halogens is 1. The van der Waals surface area contributed by atoms with Gasteiger partial charge in [0, 0.05) is 37.6 Å². The number of carbonyl (C=O) groups is 2. The highest BCUT2D eigenvalue weighted by Gasteiger charge is 2.54.